The maximum Gasteiger partial charge on any atom is 0.310 e. The Morgan fingerprint density at radius 2 is 2.12 bits per heavy atom. The molecule has 2 saturated heterocycles. The van der Waals surface area contributed by atoms with E-state index < -0.39 is 0 Å². The van der Waals surface area contributed by atoms with Gasteiger partial charge in [-0.15, -0.1) is 0 Å². The average molecular weight is 469 g/mol. The molecule has 5 rings (SSSR count). The number of aromatic amines is 1. The van der Waals surface area contributed by atoms with E-state index in [2.05, 4.69) is 44.6 Å². The molecule has 4 aliphatic rings. The van der Waals surface area contributed by atoms with Crippen LogP contribution in [0.1, 0.15) is 62.8 Å². The van der Waals surface area contributed by atoms with Crippen LogP contribution >= 0.6 is 0 Å². The zero-order chi connectivity index (χ0) is 23.3. The van der Waals surface area contributed by atoms with Crippen molar-refractivity contribution >= 4 is 11.7 Å². The van der Waals surface area contributed by atoms with Crippen LogP contribution in [0.4, 0.5) is 0 Å². The van der Waals surface area contributed by atoms with Crippen molar-refractivity contribution in [2.75, 3.05) is 45.9 Å². The van der Waals surface area contributed by atoms with Crippen molar-refractivity contribution in [2.45, 2.75) is 63.5 Å². The number of allylic oxidation sites excluding steroid dienone is 1. The number of nitrogens with zero attached hydrogens (tertiary/aromatic N) is 3. The lowest BCUT2D eigenvalue weighted by Crippen LogP contribution is -2.50. The van der Waals surface area contributed by atoms with Gasteiger partial charge in [0.15, 0.2) is 0 Å². The highest BCUT2D eigenvalue weighted by Crippen LogP contribution is 2.41. The predicted molar refractivity (Wildman–Crippen MR) is 133 cm³/mol. The Kier molecular flexibility index (Phi) is 7.77. The van der Waals surface area contributed by atoms with E-state index in [0.29, 0.717) is 30.5 Å². The summed E-state index contributed by atoms with van der Waals surface area (Å²) in [7, 11) is 0. The molecule has 34 heavy (non-hydrogen) atoms. The van der Waals surface area contributed by atoms with Gasteiger partial charge in [-0.25, -0.2) is 4.98 Å². The standard InChI is InChI=1S/C26H40N6O2/c1-18-4-2-5-23(31-18)25-24(29-17-30-25)19-6-7-22-20(14-19)15-21(16-28-22)26(33)34-13-3-10-32-11-8-27-9-12-32/h2,5,17-22,27-28H,3-4,6-16H2,1H3,(H,29,30). The summed E-state index contributed by atoms with van der Waals surface area (Å²) >= 11 is 0. The van der Waals surface area contributed by atoms with Crippen molar-refractivity contribution < 1.29 is 9.53 Å². The van der Waals surface area contributed by atoms with Gasteiger partial charge < -0.3 is 25.3 Å². The summed E-state index contributed by atoms with van der Waals surface area (Å²) < 4.78 is 5.70. The Hall–Kier alpha value is -2.03. The fourth-order valence-electron chi connectivity index (χ4n) is 6.16. The number of rotatable bonds is 7. The molecule has 3 fully saturated rings. The van der Waals surface area contributed by atoms with E-state index in [4.69, 9.17) is 9.73 Å². The minimum absolute atomic E-state index is 0.0219. The van der Waals surface area contributed by atoms with Gasteiger partial charge in [0.2, 0.25) is 0 Å². The van der Waals surface area contributed by atoms with Gasteiger partial charge in [0, 0.05) is 56.9 Å². The molecule has 3 N–H and O–H groups in total. The predicted octanol–water partition coefficient (Wildman–Crippen LogP) is 2.25. The van der Waals surface area contributed by atoms with Gasteiger partial charge in [-0.1, -0.05) is 6.08 Å². The summed E-state index contributed by atoms with van der Waals surface area (Å²) in [6.07, 6.45) is 12.3. The van der Waals surface area contributed by atoms with Crippen LogP contribution < -0.4 is 10.6 Å². The van der Waals surface area contributed by atoms with Crippen LogP contribution in [-0.2, 0) is 9.53 Å². The fraction of sp³-hybridized carbons (Fsp3) is 0.731. The van der Waals surface area contributed by atoms with Crippen molar-refractivity contribution in [3.63, 3.8) is 0 Å². The first kappa shape index (κ1) is 23.7. The van der Waals surface area contributed by atoms with Gasteiger partial charge in [-0.05, 0) is 57.4 Å². The van der Waals surface area contributed by atoms with E-state index in [1.807, 2.05) is 6.33 Å². The summed E-state index contributed by atoms with van der Waals surface area (Å²) in [6.45, 7) is 8.73. The molecule has 1 aromatic heterocycles. The summed E-state index contributed by atoms with van der Waals surface area (Å²) in [5.74, 6) is 0.866. The third-order valence-corrected chi connectivity index (χ3v) is 8.03. The van der Waals surface area contributed by atoms with Crippen molar-refractivity contribution in [1.82, 2.24) is 25.5 Å². The number of fused-ring (bicyclic) bond motifs is 1. The largest absolute Gasteiger partial charge is 0.465 e. The molecule has 0 amide bonds. The molecule has 0 aromatic carbocycles. The molecular formula is C26H40N6O2. The second-order valence-electron chi connectivity index (χ2n) is 10.5. The summed E-state index contributed by atoms with van der Waals surface area (Å²) in [5, 5.41) is 7.04. The van der Waals surface area contributed by atoms with Gasteiger partial charge >= 0.3 is 5.97 Å². The Morgan fingerprint density at radius 3 is 2.97 bits per heavy atom. The first-order valence-electron chi connectivity index (χ1n) is 13.3. The Bertz CT molecular complexity index is 890. The van der Waals surface area contributed by atoms with E-state index in [1.54, 1.807) is 0 Å². The summed E-state index contributed by atoms with van der Waals surface area (Å²) in [5.41, 5.74) is 3.23. The topological polar surface area (TPSA) is 94.6 Å². The molecule has 186 valence electrons. The van der Waals surface area contributed by atoms with E-state index in [1.165, 1.54) is 5.69 Å². The van der Waals surface area contributed by atoms with Crippen LogP contribution in [0, 0.1) is 11.8 Å². The van der Waals surface area contributed by atoms with E-state index >= 15 is 0 Å². The number of imidazole rings is 1. The number of carbonyl (C=O) groups is 1. The Labute approximate surface area is 203 Å². The van der Waals surface area contributed by atoms with E-state index in [9.17, 15) is 4.79 Å². The molecule has 3 aliphatic heterocycles. The molecule has 1 aliphatic carbocycles. The molecule has 0 bridgehead atoms. The third-order valence-electron chi connectivity index (χ3n) is 8.03. The number of esters is 1. The molecule has 5 unspecified atom stereocenters. The number of H-pyrrole nitrogens is 1. The minimum Gasteiger partial charge on any atom is -0.465 e. The monoisotopic (exact) mass is 468 g/mol. The van der Waals surface area contributed by atoms with Gasteiger partial charge in [0.1, 0.15) is 5.69 Å². The molecule has 5 atom stereocenters. The Morgan fingerprint density at radius 1 is 1.24 bits per heavy atom. The molecule has 4 heterocycles. The highest BCUT2D eigenvalue weighted by Gasteiger charge is 2.39. The van der Waals surface area contributed by atoms with Crippen molar-refractivity contribution in [3.05, 3.63) is 29.9 Å². The van der Waals surface area contributed by atoms with Gasteiger partial charge in [0.05, 0.1) is 30.6 Å². The number of carbonyl (C=O) groups excluding carboxylic acids is 1. The number of ether oxygens (including phenoxy) is 1. The number of dihydropyridines is 1. The van der Waals surface area contributed by atoms with Gasteiger partial charge in [0.25, 0.3) is 0 Å². The van der Waals surface area contributed by atoms with Gasteiger partial charge in [-0.2, -0.15) is 0 Å². The van der Waals surface area contributed by atoms with E-state index in [-0.39, 0.29) is 11.9 Å². The lowest BCUT2D eigenvalue weighted by atomic mass is 9.71. The van der Waals surface area contributed by atoms with Crippen molar-refractivity contribution in [1.29, 1.82) is 0 Å². The smallest absolute Gasteiger partial charge is 0.310 e. The quantitative estimate of drug-likeness (QED) is 0.420. The number of nitrogens with one attached hydrogen (secondary N) is 3. The third kappa shape index (κ3) is 5.61. The molecular weight excluding hydrogens is 428 g/mol. The number of hydrogen-bond donors (Lipinski definition) is 3. The number of hydrogen-bond acceptors (Lipinski definition) is 7. The number of piperazine rings is 1. The Balaban J connectivity index is 1.13. The van der Waals surface area contributed by atoms with Crippen molar-refractivity contribution in [3.8, 4) is 0 Å². The minimum atomic E-state index is -0.0353. The zero-order valence-electron chi connectivity index (χ0n) is 20.5. The molecule has 0 radical (unpaired) electrons. The van der Waals surface area contributed by atoms with Gasteiger partial charge in [-0.3, -0.25) is 9.79 Å². The van der Waals surface area contributed by atoms with Crippen LogP contribution in [0.2, 0.25) is 0 Å². The maximum absolute atomic E-state index is 12.8. The second kappa shape index (κ2) is 11.1. The highest BCUT2D eigenvalue weighted by molar-refractivity contribution is 6.08. The van der Waals surface area contributed by atoms with Crippen LogP contribution in [0.25, 0.3) is 0 Å². The van der Waals surface area contributed by atoms with E-state index in [0.717, 1.165) is 89.2 Å². The van der Waals surface area contributed by atoms with Crippen LogP contribution in [0.5, 0.6) is 0 Å². The van der Waals surface area contributed by atoms with Crippen LogP contribution in [0.3, 0.4) is 0 Å². The fourth-order valence-corrected chi connectivity index (χ4v) is 6.16. The first-order chi connectivity index (χ1) is 16.7. The number of aliphatic imine (C=N–C) groups is 1. The number of piperidine rings is 1. The molecule has 8 heteroatoms. The normalized spacial score (nSPS) is 32.1. The van der Waals surface area contributed by atoms with Crippen molar-refractivity contribution in [2.24, 2.45) is 16.8 Å². The van der Waals surface area contributed by atoms with Crippen LogP contribution in [-0.4, -0.2) is 84.5 Å². The second-order valence-corrected chi connectivity index (χ2v) is 10.5. The molecule has 8 nitrogen and oxygen atoms in total. The SMILES string of the molecule is CC1CC=CC(c2nc[nH]c2C2CCC3NCC(C(=O)OCCCN4CCNCC4)CC3C2)=N1. The van der Waals surface area contributed by atoms with Crippen LogP contribution in [0.15, 0.2) is 23.5 Å². The maximum atomic E-state index is 12.8. The summed E-state index contributed by atoms with van der Waals surface area (Å²) in [6, 6.07) is 0.817. The number of aromatic nitrogens is 2. The molecule has 0 spiro atoms. The lowest BCUT2D eigenvalue weighted by Gasteiger charge is -2.42. The average Bonchev–Trinajstić information content (AvgIpc) is 3.37. The lowest BCUT2D eigenvalue weighted by molar-refractivity contribution is -0.150. The molecule has 1 aromatic rings. The molecule has 1 saturated carbocycles. The highest BCUT2D eigenvalue weighted by atomic mass is 16.5. The zero-order valence-corrected chi connectivity index (χ0v) is 20.5. The summed E-state index contributed by atoms with van der Waals surface area (Å²) in [4.78, 5) is 28.1. The first-order valence-corrected chi connectivity index (χ1v) is 13.3.